The first-order valence-corrected chi connectivity index (χ1v) is 8.89. The lowest BCUT2D eigenvalue weighted by molar-refractivity contribution is -0.117. The topological polar surface area (TPSA) is 59.8 Å². The van der Waals surface area contributed by atoms with E-state index in [1.807, 2.05) is 25.5 Å². The second kappa shape index (κ2) is 6.40. The highest BCUT2D eigenvalue weighted by atomic mass is 32.1. The Kier molecular flexibility index (Phi) is 4.09. The number of thiazole rings is 1. The summed E-state index contributed by atoms with van der Waals surface area (Å²) in [5.41, 5.74) is 1.73. The third kappa shape index (κ3) is 3.46. The van der Waals surface area contributed by atoms with E-state index in [2.05, 4.69) is 15.4 Å². The number of amides is 1. The number of nitrogens with zero attached hydrogens (tertiary/aromatic N) is 3. The zero-order chi connectivity index (χ0) is 17.4. The number of hydrogen-bond acceptors (Lipinski definition) is 4. The minimum absolute atomic E-state index is 0.0133. The Morgan fingerprint density at radius 3 is 3.00 bits per heavy atom. The number of rotatable bonds is 5. The van der Waals surface area contributed by atoms with Crippen LogP contribution in [0, 0.1) is 11.7 Å². The van der Waals surface area contributed by atoms with Crippen LogP contribution in [0.3, 0.4) is 0 Å². The van der Waals surface area contributed by atoms with Gasteiger partial charge in [0, 0.05) is 36.7 Å². The first-order chi connectivity index (χ1) is 12.1. The van der Waals surface area contributed by atoms with Crippen LogP contribution in [0.4, 0.5) is 9.52 Å². The Bertz CT molecular complexity index is 919. The van der Waals surface area contributed by atoms with Crippen LogP contribution in [0.25, 0.3) is 0 Å². The molecule has 128 valence electrons. The van der Waals surface area contributed by atoms with Crippen molar-refractivity contribution in [1.82, 2.24) is 14.8 Å². The number of hydrogen-bond donors (Lipinski definition) is 1. The molecule has 0 radical (unpaired) electrons. The van der Waals surface area contributed by atoms with E-state index in [-0.39, 0.29) is 23.6 Å². The SMILES string of the molecule is Cn1cc([C@@H]2C[C@H]2C(=O)Nc2ncc(Cc3ccccc3F)s2)cn1. The molecule has 1 aliphatic rings. The van der Waals surface area contributed by atoms with E-state index in [1.54, 1.807) is 23.0 Å². The zero-order valence-corrected chi connectivity index (χ0v) is 14.5. The standard InChI is InChI=1S/C18H17FN4OS/c1-23-10-12(8-21-23)14-7-15(14)17(24)22-18-20-9-13(25-18)6-11-4-2-3-5-16(11)19/h2-5,8-10,14-15H,6-7H2,1H3,(H,20,22,24)/t14-,15+/m0/s1. The molecule has 0 bridgehead atoms. The van der Waals surface area contributed by atoms with E-state index >= 15 is 0 Å². The molecule has 1 saturated carbocycles. The van der Waals surface area contributed by atoms with Crippen LogP contribution in [-0.2, 0) is 18.3 Å². The molecule has 1 N–H and O–H groups in total. The van der Waals surface area contributed by atoms with Crippen molar-refractivity contribution < 1.29 is 9.18 Å². The molecule has 5 nitrogen and oxygen atoms in total. The van der Waals surface area contributed by atoms with Gasteiger partial charge >= 0.3 is 0 Å². The number of nitrogens with one attached hydrogen (secondary N) is 1. The molecule has 1 aromatic carbocycles. The van der Waals surface area contributed by atoms with E-state index in [0.29, 0.717) is 17.1 Å². The Morgan fingerprint density at radius 2 is 2.24 bits per heavy atom. The molecule has 0 aliphatic heterocycles. The number of halogens is 1. The second-order valence-electron chi connectivity index (χ2n) is 6.29. The number of carbonyl (C=O) groups is 1. The van der Waals surface area contributed by atoms with Crippen molar-refractivity contribution >= 4 is 22.4 Å². The van der Waals surface area contributed by atoms with Gasteiger partial charge in [0.25, 0.3) is 0 Å². The molecule has 0 saturated heterocycles. The van der Waals surface area contributed by atoms with Crippen molar-refractivity contribution in [3.63, 3.8) is 0 Å². The number of carbonyl (C=O) groups excluding carboxylic acids is 1. The third-order valence-electron chi connectivity index (χ3n) is 4.39. The fraction of sp³-hybridized carbons (Fsp3) is 0.278. The highest BCUT2D eigenvalue weighted by Crippen LogP contribution is 2.47. The highest BCUT2D eigenvalue weighted by Gasteiger charge is 2.44. The number of benzene rings is 1. The molecular formula is C18H17FN4OS. The maximum absolute atomic E-state index is 13.7. The van der Waals surface area contributed by atoms with Crippen molar-refractivity contribution in [3.8, 4) is 0 Å². The summed E-state index contributed by atoms with van der Waals surface area (Å²) < 4.78 is 15.5. The van der Waals surface area contributed by atoms with Crippen molar-refractivity contribution in [2.24, 2.45) is 13.0 Å². The first kappa shape index (κ1) is 16.0. The summed E-state index contributed by atoms with van der Waals surface area (Å²) in [6.45, 7) is 0. The Hall–Kier alpha value is -2.54. The van der Waals surface area contributed by atoms with Crippen LogP contribution in [0.15, 0.2) is 42.9 Å². The quantitative estimate of drug-likeness (QED) is 0.763. The van der Waals surface area contributed by atoms with E-state index in [1.165, 1.54) is 17.4 Å². The zero-order valence-electron chi connectivity index (χ0n) is 13.6. The van der Waals surface area contributed by atoms with Crippen molar-refractivity contribution in [1.29, 1.82) is 0 Å². The van der Waals surface area contributed by atoms with Gasteiger partial charge < -0.3 is 5.32 Å². The predicted octanol–water partition coefficient (Wildman–Crippen LogP) is 3.35. The molecule has 25 heavy (non-hydrogen) atoms. The van der Waals surface area contributed by atoms with Gasteiger partial charge in [0.05, 0.1) is 6.20 Å². The molecule has 2 aromatic heterocycles. The molecule has 1 fully saturated rings. The van der Waals surface area contributed by atoms with Gasteiger partial charge in [0.15, 0.2) is 5.13 Å². The minimum Gasteiger partial charge on any atom is -0.302 e. The van der Waals surface area contributed by atoms with Crippen molar-refractivity contribution in [2.75, 3.05) is 5.32 Å². The van der Waals surface area contributed by atoms with Crippen LogP contribution in [0.5, 0.6) is 0 Å². The van der Waals surface area contributed by atoms with Crippen LogP contribution < -0.4 is 5.32 Å². The lowest BCUT2D eigenvalue weighted by Gasteiger charge is -2.01. The molecule has 2 atom stereocenters. The summed E-state index contributed by atoms with van der Waals surface area (Å²) in [6.07, 6.45) is 6.77. The number of aryl methyl sites for hydroxylation is 1. The fourth-order valence-electron chi connectivity index (χ4n) is 2.96. The van der Waals surface area contributed by atoms with Crippen LogP contribution in [0.2, 0.25) is 0 Å². The molecule has 7 heteroatoms. The van der Waals surface area contributed by atoms with Crippen LogP contribution in [0.1, 0.15) is 28.3 Å². The lowest BCUT2D eigenvalue weighted by Crippen LogP contribution is -2.14. The summed E-state index contributed by atoms with van der Waals surface area (Å²) in [4.78, 5) is 17.5. The van der Waals surface area contributed by atoms with E-state index in [0.717, 1.165) is 16.9 Å². The maximum atomic E-state index is 13.7. The Balaban J connectivity index is 1.37. The van der Waals surface area contributed by atoms with E-state index < -0.39 is 0 Å². The fourth-order valence-corrected chi connectivity index (χ4v) is 3.80. The Labute approximate surface area is 148 Å². The normalized spacial score (nSPS) is 19.0. The smallest absolute Gasteiger partial charge is 0.229 e. The van der Waals surface area contributed by atoms with Crippen molar-refractivity contribution in [3.05, 3.63) is 64.7 Å². The molecule has 1 aliphatic carbocycles. The van der Waals surface area contributed by atoms with Gasteiger partial charge in [0.1, 0.15) is 5.82 Å². The Morgan fingerprint density at radius 1 is 1.40 bits per heavy atom. The molecule has 2 heterocycles. The molecule has 0 spiro atoms. The minimum atomic E-state index is -0.223. The average Bonchev–Trinajstić information content (AvgIpc) is 3.09. The van der Waals surface area contributed by atoms with Gasteiger partial charge in [-0.1, -0.05) is 18.2 Å². The number of anilines is 1. The monoisotopic (exact) mass is 356 g/mol. The second-order valence-corrected chi connectivity index (χ2v) is 7.40. The molecule has 0 unspecified atom stereocenters. The van der Waals surface area contributed by atoms with Gasteiger partial charge in [-0.05, 0) is 29.5 Å². The van der Waals surface area contributed by atoms with Gasteiger partial charge in [-0.25, -0.2) is 9.37 Å². The van der Waals surface area contributed by atoms with Crippen LogP contribution >= 0.6 is 11.3 Å². The maximum Gasteiger partial charge on any atom is 0.229 e. The van der Waals surface area contributed by atoms with Crippen molar-refractivity contribution in [2.45, 2.75) is 18.8 Å². The lowest BCUT2D eigenvalue weighted by atomic mass is 10.1. The average molecular weight is 356 g/mol. The molecule has 3 aromatic rings. The first-order valence-electron chi connectivity index (χ1n) is 8.07. The van der Waals surface area contributed by atoms with E-state index in [4.69, 9.17) is 0 Å². The summed E-state index contributed by atoms with van der Waals surface area (Å²) in [7, 11) is 1.87. The largest absolute Gasteiger partial charge is 0.302 e. The summed E-state index contributed by atoms with van der Waals surface area (Å²) in [6, 6.07) is 6.69. The molecule has 1 amide bonds. The summed E-state index contributed by atoms with van der Waals surface area (Å²) in [5.74, 6) is -0.0194. The highest BCUT2D eigenvalue weighted by molar-refractivity contribution is 7.15. The number of aromatic nitrogens is 3. The molecule has 4 rings (SSSR count). The summed E-state index contributed by atoms with van der Waals surface area (Å²) >= 11 is 1.38. The van der Waals surface area contributed by atoms with Crippen LogP contribution in [-0.4, -0.2) is 20.7 Å². The van der Waals surface area contributed by atoms with E-state index in [9.17, 15) is 9.18 Å². The van der Waals surface area contributed by atoms with Gasteiger partial charge in [-0.3, -0.25) is 9.48 Å². The summed E-state index contributed by atoms with van der Waals surface area (Å²) in [5, 5.41) is 7.59. The third-order valence-corrected chi connectivity index (χ3v) is 5.30. The predicted molar refractivity (Wildman–Crippen MR) is 94.0 cm³/mol. The van der Waals surface area contributed by atoms with Gasteiger partial charge in [-0.2, -0.15) is 5.10 Å². The van der Waals surface area contributed by atoms with Gasteiger partial charge in [-0.15, -0.1) is 11.3 Å². The van der Waals surface area contributed by atoms with Gasteiger partial charge in [0.2, 0.25) is 5.91 Å². The molecular weight excluding hydrogens is 339 g/mol.